The minimum atomic E-state index is -0.283. The van der Waals surface area contributed by atoms with Gasteiger partial charge in [-0.15, -0.1) is 0 Å². The molecule has 0 unspecified atom stereocenters. The van der Waals surface area contributed by atoms with E-state index in [-0.39, 0.29) is 5.91 Å². The van der Waals surface area contributed by atoms with Gasteiger partial charge in [0.25, 0.3) is 5.91 Å². The van der Waals surface area contributed by atoms with Crippen molar-refractivity contribution in [3.63, 3.8) is 0 Å². The topological polar surface area (TPSA) is 60.5 Å². The number of benzene rings is 2. The number of aromatic nitrogens is 1. The fourth-order valence-electron chi connectivity index (χ4n) is 2.21. The minimum absolute atomic E-state index is 0.283. The van der Waals surface area contributed by atoms with E-state index >= 15 is 0 Å². The Morgan fingerprint density at radius 3 is 2.42 bits per heavy atom. The Morgan fingerprint density at radius 1 is 1.12 bits per heavy atom. The maximum Gasteiger partial charge on any atom is 0.257 e. The molecule has 1 aromatic heterocycles. The van der Waals surface area contributed by atoms with Gasteiger partial charge in [-0.1, -0.05) is 22.9 Å². The van der Waals surface area contributed by atoms with Gasteiger partial charge in [-0.2, -0.15) is 0 Å². The maximum atomic E-state index is 12.5. The van der Waals surface area contributed by atoms with Crippen LogP contribution in [0.5, 0.6) is 11.5 Å². The van der Waals surface area contributed by atoms with Crippen LogP contribution in [0.1, 0.15) is 15.9 Å². The second-order valence-corrected chi connectivity index (χ2v) is 6.58. The van der Waals surface area contributed by atoms with Gasteiger partial charge in [0.2, 0.25) is 0 Å². The van der Waals surface area contributed by atoms with Crippen LogP contribution in [0.15, 0.2) is 30.3 Å². The van der Waals surface area contributed by atoms with E-state index in [1.807, 2.05) is 13.0 Å². The molecule has 0 aliphatic rings. The Bertz CT molecular complexity index is 862. The number of methoxy groups -OCH3 is 2. The molecule has 1 amide bonds. The van der Waals surface area contributed by atoms with Crippen molar-refractivity contribution in [3.05, 3.63) is 46.5 Å². The predicted octanol–water partition coefficient (Wildman–Crippen LogP) is 4.53. The average molecular weight is 363 g/mol. The molecule has 0 aliphatic carbocycles. The summed E-state index contributed by atoms with van der Waals surface area (Å²) in [5.74, 6) is 0.812. The molecule has 0 spiro atoms. The Kier molecular flexibility index (Phi) is 4.59. The largest absolute Gasteiger partial charge is 0.497 e. The molecule has 0 fully saturated rings. The molecular formula is C17H15ClN2O3S. The Labute approximate surface area is 148 Å². The number of thiazole rings is 1. The molecule has 24 heavy (non-hydrogen) atoms. The highest BCUT2D eigenvalue weighted by Crippen LogP contribution is 2.31. The van der Waals surface area contributed by atoms with E-state index < -0.39 is 0 Å². The van der Waals surface area contributed by atoms with Gasteiger partial charge in [0.1, 0.15) is 11.5 Å². The van der Waals surface area contributed by atoms with Crippen molar-refractivity contribution < 1.29 is 14.3 Å². The van der Waals surface area contributed by atoms with Crippen LogP contribution < -0.4 is 14.8 Å². The SMILES string of the molecule is COc1cc(OC)cc(C(=O)Nc2nc3cc(Cl)c(C)cc3s2)c1. The zero-order valence-electron chi connectivity index (χ0n) is 13.3. The molecule has 0 saturated carbocycles. The number of nitrogens with zero attached hydrogens (tertiary/aromatic N) is 1. The number of halogens is 1. The average Bonchev–Trinajstić information content (AvgIpc) is 2.95. The maximum absolute atomic E-state index is 12.5. The van der Waals surface area contributed by atoms with E-state index in [0.29, 0.717) is 27.2 Å². The van der Waals surface area contributed by atoms with Crippen LogP contribution in [0.2, 0.25) is 5.02 Å². The van der Waals surface area contributed by atoms with Crippen LogP contribution >= 0.6 is 22.9 Å². The summed E-state index contributed by atoms with van der Waals surface area (Å²) >= 11 is 7.51. The van der Waals surface area contributed by atoms with Gasteiger partial charge in [0.05, 0.1) is 24.4 Å². The normalized spacial score (nSPS) is 10.7. The molecule has 124 valence electrons. The number of rotatable bonds is 4. The molecule has 0 aliphatic heterocycles. The smallest absolute Gasteiger partial charge is 0.257 e. The van der Waals surface area contributed by atoms with Crippen LogP contribution in [-0.4, -0.2) is 25.1 Å². The second kappa shape index (κ2) is 6.67. The number of hydrogen-bond acceptors (Lipinski definition) is 5. The summed E-state index contributed by atoms with van der Waals surface area (Å²) in [6.45, 7) is 1.93. The molecule has 5 nitrogen and oxygen atoms in total. The number of anilines is 1. The van der Waals surface area contributed by atoms with Gasteiger partial charge in [-0.3, -0.25) is 10.1 Å². The number of carbonyl (C=O) groups excluding carboxylic acids is 1. The minimum Gasteiger partial charge on any atom is -0.497 e. The Morgan fingerprint density at radius 2 is 1.79 bits per heavy atom. The van der Waals surface area contributed by atoms with E-state index in [0.717, 1.165) is 15.8 Å². The molecule has 1 heterocycles. The number of fused-ring (bicyclic) bond motifs is 1. The summed E-state index contributed by atoms with van der Waals surface area (Å²) in [7, 11) is 3.08. The summed E-state index contributed by atoms with van der Waals surface area (Å²) in [5.41, 5.74) is 2.16. The van der Waals surface area contributed by atoms with Crippen molar-refractivity contribution in [2.24, 2.45) is 0 Å². The number of amides is 1. The molecule has 7 heteroatoms. The highest BCUT2D eigenvalue weighted by atomic mass is 35.5. The third kappa shape index (κ3) is 3.29. The number of hydrogen-bond donors (Lipinski definition) is 1. The van der Waals surface area contributed by atoms with Crippen LogP contribution in [0.4, 0.5) is 5.13 Å². The number of nitrogens with one attached hydrogen (secondary N) is 1. The Balaban J connectivity index is 1.89. The first-order valence-corrected chi connectivity index (χ1v) is 8.30. The van der Waals surface area contributed by atoms with Crippen LogP contribution in [0.25, 0.3) is 10.2 Å². The predicted molar refractivity (Wildman–Crippen MR) is 96.9 cm³/mol. The lowest BCUT2D eigenvalue weighted by molar-refractivity contribution is 0.102. The number of ether oxygens (including phenoxy) is 2. The standard InChI is InChI=1S/C17H15ClN2O3S/c1-9-4-15-14(8-13(9)18)19-17(24-15)20-16(21)10-5-11(22-2)7-12(6-10)23-3/h4-8H,1-3H3,(H,19,20,21). The van der Waals surface area contributed by atoms with E-state index in [2.05, 4.69) is 10.3 Å². The first-order chi connectivity index (χ1) is 11.5. The van der Waals surface area contributed by atoms with Gasteiger partial charge in [-0.25, -0.2) is 4.98 Å². The second-order valence-electron chi connectivity index (χ2n) is 5.14. The van der Waals surface area contributed by atoms with Crippen molar-refractivity contribution in [3.8, 4) is 11.5 Å². The Hall–Kier alpha value is -2.31. The monoisotopic (exact) mass is 362 g/mol. The first kappa shape index (κ1) is 16.5. The fourth-order valence-corrected chi connectivity index (χ4v) is 3.31. The molecule has 2 aromatic carbocycles. The van der Waals surface area contributed by atoms with Gasteiger partial charge in [0, 0.05) is 16.7 Å². The molecule has 0 bridgehead atoms. The first-order valence-electron chi connectivity index (χ1n) is 7.11. The van der Waals surface area contributed by atoms with Crippen molar-refractivity contribution in [1.82, 2.24) is 4.98 Å². The van der Waals surface area contributed by atoms with E-state index in [1.165, 1.54) is 25.6 Å². The van der Waals surface area contributed by atoms with Crippen molar-refractivity contribution in [1.29, 1.82) is 0 Å². The quantitative estimate of drug-likeness (QED) is 0.740. The summed E-state index contributed by atoms with van der Waals surface area (Å²) in [5, 5.41) is 3.97. The molecular weight excluding hydrogens is 348 g/mol. The summed E-state index contributed by atoms with van der Waals surface area (Å²) in [4.78, 5) is 16.9. The molecule has 0 saturated heterocycles. The summed E-state index contributed by atoms with van der Waals surface area (Å²) in [6, 6.07) is 8.75. The lowest BCUT2D eigenvalue weighted by Crippen LogP contribution is -2.12. The summed E-state index contributed by atoms with van der Waals surface area (Å²) < 4.78 is 11.3. The highest BCUT2D eigenvalue weighted by Gasteiger charge is 2.13. The van der Waals surface area contributed by atoms with Gasteiger partial charge in [-0.05, 0) is 36.8 Å². The lowest BCUT2D eigenvalue weighted by Gasteiger charge is -2.07. The zero-order chi connectivity index (χ0) is 17.3. The van der Waals surface area contributed by atoms with E-state index in [1.54, 1.807) is 24.3 Å². The lowest BCUT2D eigenvalue weighted by atomic mass is 10.2. The van der Waals surface area contributed by atoms with Crippen molar-refractivity contribution in [2.45, 2.75) is 6.92 Å². The van der Waals surface area contributed by atoms with E-state index in [4.69, 9.17) is 21.1 Å². The fraction of sp³-hybridized carbons (Fsp3) is 0.176. The highest BCUT2D eigenvalue weighted by molar-refractivity contribution is 7.22. The van der Waals surface area contributed by atoms with Gasteiger partial charge in [0.15, 0.2) is 5.13 Å². The van der Waals surface area contributed by atoms with Crippen LogP contribution in [-0.2, 0) is 0 Å². The number of carbonyl (C=O) groups is 1. The number of aryl methyl sites for hydroxylation is 1. The zero-order valence-corrected chi connectivity index (χ0v) is 14.9. The third-order valence-electron chi connectivity index (χ3n) is 3.50. The molecule has 3 aromatic rings. The van der Waals surface area contributed by atoms with Gasteiger partial charge >= 0.3 is 0 Å². The van der Waals surface area contributed by atoms with E-state index in [9.17, 15) is 4.79 Å². The third-order valence-corrected chi connectivity index (χ3v) is 4.84. The molecule has 0 atom stereocenters. The van der Waals surface area contributed by atoms with Crippen LogP contribution in [0, 0.1) is 6.92 Å². The van der Waals surface area contributed by atoms with Crippen molar-refractivity contribution >= 4 is 44.2 Å². The van der Waals surface area contributed by atoms with Crippen molar-refractivity contribution in [2.75, 3.05) is 19.5 Å². The molecule has 0 radical (unpaired) electrons. The van der Waals surface area contributed by atoms with Gasteiger partial charge < -0.3 is 9.47 Å². The van der Waals surface area contributed by atoms with Crippen LogP contribution in [0.3, 0.4) is 0 Å². The molecule has 3 rings (SSSR count). The molecule has 1 N–H and O–H groups in total. The summed E-state index contributed by atoms with van der Waals surface area (Å²) in [6.07, 6.45) is 0.